The molecule has 0 atom stereocenters. The first kappa shape index (κ1) is 27.9. The van der Waals surface area contributed by atoms with E-state index < -0.39 is 0 Å². The van der Waals surface area contributed by atoms with Gasteiger partial charge in [-0.25, -0.2) is 4.98 Å². The Bertz CT molecular complexity index is 2740. The molecule has 3 heteroatoms. The van der Waals surface area contributed by atoms with Crippen molar-refractivity contribution in [3.05, 3.63) is 169 Å². The number of para-hydroxylation sites is 1. The highest BCUT2D eigenvalue weighted by Gasteiger charge is 2.36. The molecule has 0 bridgehead atoms. The van der Waals surface area contributed by atoms with Gasteiger partial charge in [-0.15, -0.1) is 0 Å². The molecule has 8 aromatic carbocycles. The number of hydrogen-bond acceptors (Lipinski definition) is 3. The number of oxazole rings is 1. The van der Waals surface area contributed by atoms with Gasteiger partial charge in [-0.3, -0.25) is 0 Å². The zero-order chi connectivity index (χ0) is 32.7. The number of nitrogens with zero attached hydrogens (tertiary/aromatic N) is 2. The first-order valence-electron chi connectivity index (χ1n) is 16.9. The lowest BCUT2D eigenvalue weighted by molar-refractivity contribution is 0.623. The molecule has 0 radical (unpaired) electrons. The Morgan fingerprint density at radius 2 is 1.14 bits per heavy atom. The molecule has 0 unspecified atom stereocenters. The first-order chi connectivity index (χ1) is 24.0. The van der Waals surface area contributed by atoms with Gasteiger partial charge in [-0.1, -0.05) is 105 Å². The number of anilines is 3. The minimum atomic E-state index is -0.138. The Labute approximate surface area is 284 Å². The molecule has 3 nitrogen and oxygen atoms in total. The molecule has 0 spiro atoms. The summed E-state index contributed by atoms with van der Waals surface area (Å²) in [5.74, 6) is 0.636. The molecule has 49 heavy (non-hydrogen) atoms. The molecule has 9 aromatic rings. The molecule has 0 N–H and O–H groups in total. The van der Waals surface area contributed by atoms with Crippen LogP contribution >= 0.6 is 0 Å². The standard InChI is InChI=1S/C46H32N2O/c1-46(2)40-26-33-14-10-9-13-32(33)25-39(40)37-23-22-36(28-41(37)46)48(34-15-7-4-8-16-34)35-21-19-29-17-18-30-20-24-42-44(43(30)38(29)27-35)49-45(47-42)31-11-5-3-6-12-31/h3-28H,1-2H3. The van der Waals surface area contributed by atoms with Gasteiger partial charge in [-0.2, -0.15) is 0 Å². The summed E-state index contributed by atoms with van der Waals surface area (Å²) >= 11 is 0. The highest BCUT2D eigenvalue weighted by atomic mass is 16.3. The van der Waals surface area contributed by atoms with Crippen LogP contribution in [0.5, 0.6) is 0 Å². The van der Waals surface area contributed by atoms with Crippen LogP contribution in [-0.2, 0) is 5.41 Å². The molecular weight excluding hydrogens is 597 g/mol. The Morgan fingerprint density at radius 3 is 1.96 bits per heavy atom. The van der Waals surface area contributed by atoms with Crippen molar-refractivity contribution in [1.82, 2.24) is 4.98 Å². The lowest BCUT2D eigenvalue weighted by atomic mass is 9.81. The SMILES string of the molecule is CC1(C)c2cc(N(c3ccccc3)c3ccc4ccc5ccc6nc(-c7ccccc7)oc6c5c4c3)ccc2-c2cc3ccccc3cc21. The number of fused-ring (bicyclic) bond motifs is 9. The van der Waals surface area contributed by atoms with Crippen molar-refractivity contribution >= 4 is 60.5 Å². The van der Waals surface area contributed by atoms with Gasteiger partial charge in [0.15, 0.2) is 5.58 Å². The zero-order valence-electron chi connectivity index (χ0n) is 27.3. The van der Waals surface area contributed by atoms with Crippen LogP contribution in [0.25, 0.3) is 66.0 Å². The van der Waals surface area contributed by atoms with Gasteiger partial charge < -0.3 is 9.32 Å². The molecule has 1 aromatic heterocycles. The minimum Gasteiger partial charge on any atom is -0.435 e. The van der Waals surface area contributed by atoms with Crippen LogP contribution in [0.3, 0.4) is 0 Å². The van der Waals surface area contributed by atoms with Gasteiger partial charge in [0.25, 0.3) is 0 Å². The van der Waals surface area contributed by atoms with Crippen molar-refractivity contribution in [3.63, 3.8) is 0 Å². The topological polar surface area (TPSA) is 29.3 Å². The molecule has 1 heterocycles. The predicted octanol–water partition coefficient (Wildman–Crippen LogP) is 12.7. The summed E-state index contributed by atoms with van der Waals surface area (Å²) in [6, 6.07) is 56.6. The van der Waals surface area contributed by atoms with Crippen molar-refractivity contribution < 1.29 is 4.42 Å². The fourth-order valence-electron chi connectivity index (χ4n) is 7.93. The lowest BCUT2D eigenvalue weighted by Crippen LogP contribution is -2.16. The molecule has 1 aliphatic carbocycles. The molecule has 232 valence electrons. The predicted molar refractivity (Wildman–Crippen MR) is 204 cm³/mol. The Kier molecular flexibility index (Phi) is 5.92. The maximum atomic E-state index is 6.55. The van der Waals surface area contributed by atoms with Gasteiger partial charge in [0, 0.05) is 33.4 Å². The summed E-state index contributed by atoms with van der Waals surface area (Å²) < 4.78 is 6.55. The second kappa shape index (κ2) is 10.4. The molecular formula is C46H32N2O. The summed E-state index contributed by atoms with van der Waals surface area (Å²) in [5.41, 5.74) is 11.2. The average Bonchev–Trinajstić information content (AvgIpc) is 3.68. The van der Waals surface area contributed by atoms with Gasteiger partial charge in [0.05, 0.1) is 0 Å². The second-order valence-corrected chi connectivity index (χ2v) is 13.6. The van der Waals surface area contributed by atoms with Crippen molar-refractivity contribution in [1.29, 1.82) is 0 Å². The van der Waals surface area contributed by atoms with E-state index in [2.05, 4.69) is 146 Å². The van der Waals surface area contributed by atoms with E-state index in [1.54, 1.807) is 0 Å². The Balaban J connectivity index is 1.17. The number of rotatable bonds is 4. The minimum absolute atomic E-state index is 0.138. The molecule has 0 amide bonds. The lowest BCUT2D eigenvalue weighted by Gasteiger charge is -2.28. The zero-order valence-corrected chi connectivity index (χ0v) is 27.3. The average molecular weight is 629 g/mol. The van der Waals surface area contributed by atoms with E-state index in [0.717, 1.165) is 55.3 Å². The third-order valence-electron chi connectivity index (χ3n) is 10.4. The molecule has 0 fully saturated rings. The van der Waals surface area contributed by atoms with Crippen LogP contribution in [-0.4, -0.2) is 4.98 Å². The largest absolute Gasteiger partial charge is 0.435 e. The smallest absolute Gasteiger partial charge is 0.227 e. The van der Waals surface area contributed by atoms with Crippen LogP contribution in [0, 0.1) is 0 Å². The molecule has 0 aliphatic heterocycles. The van der Waals surface area contributed by atoms with E-state index in [4.69, 9.17) is 9.40 Å². The van der Waals surface area contributed by atoms with Crippen LogP contribution < -0.4 is 4.90 Å². The van der Waals surface area contributed by atoms with Gasteiger partial charge in [0.2, 0.25) is 5.89 Å². The summed E-state index contributed by atoms with van der Waals surface area (Å²) in [6.07, 6.45) is 0. The highest BCUT2D eigenvalue weighted by molar-refractivity contribution is 6.18. The maximum absolute atomic E-state index is 6.55. The van der Waals surface area contributed by atoms with Gasteiger partial charge >= 0.3 is 0 Å². The first-order valence-corrected chi connectivity index (χ1v) is 16.9. The van der Waals surface area contributed by atoms with Gasteiger partial charge in [0.1, 0.15) is 5.52 Å². The van der Waals surface area contributed by atoms with E-state index in [1.807, 2.05) is 30.3 Å². The van der Waals surface area contributed by atoms with Crippen LogP contribution in [0.15, 0.2) is 162 Å². The van der Waals surface area contributed by atoms with Crippen molar-refractivity contribution in [2.75, 3.05) is 4.90 Å². The molecule has 1 aliphatic rings. The van der Waals surface area contributed by atoms with Crippen LogP contribution in [0.1, 0.15) is 25.0 Å². The normalized spacial score (nSPS) is 13.3. The number of benzene rings is 8. The van der Waals surface area contributed by atoms with Gasteiger partial charge in [-0.05, 0) is 116 Å². The Hall–Kier alpha value is -6.19. The maximum Gasteiger partial charge on any atom is 0.227 e. The third-order valence-corrected chi connectivity index (χ3v) is 10.4. The second-order valence-electron chi connectivity index (χ2n) is 13.6. The Morgan fingerprint density at radius 1 is 0.510 bits per heavy atom. The highest BCUT2D eigenvalue weighted by Crippen LogP contribution is 2.52. The number of aromatic nitrogens is 1. The summed E-state index contributed by atoms with van der Waals surface area (Å²) in [5, 5.41) is 7.07. The van der Waals surface area contributed by atoms with Crippen molar-refractivity contribution in [3.8, 4) is 22.6 Å². The van der Waals surface area contributed by atoms with Crippen LogP contribution in [0.4, 0.5) is 17.1 Å². The molecule has 10 rings (SSSR count). The van der Waals surface area contributed by atoms with Crippen molar-refractivity contribution in [2.24, 2.45) is 0 Å². The van der Waals surface area contributed by atoms with E-state index in [1.165, 1.54) is 33.0 Å². The quantitative estimate of drug-likeness (QED) is 0.182. The summed E-state index contributed by atoms with van der Waals surface area (Å²) in [6.45, 7) is 4.72. The van der Waals surface area contributed by atoms with Crippen molar-refractivity contribution in [2.45, 2.75) is 19.3 Å². The van der Waals surface area contributed by atoms with E-state index >= 15 is 0 Å². The fourth-order valence-corrected chi connectivity index (χ4v) is 7.93. The van der Waals surface area contributed by atoms with E-state index in [9.17, 15) is 0 Å². The monoisotopic (exact) mass is 628 g/mol. The third kappa shape index (κ3) is 4.25. The van der Waals surface area contributed by atoms with E-state index in [0.29, 0.717) is 5.89 Å². The fraction of sp³-hybridized carbons (Fsp3) is 0.0652. The molecule has 0 saturated carbocycles. The summed E-state index contributed by atoms with van der Waals surface area (Å²) in [4.78, 5) is 7.28. The van der Waals surface area contributed by atoms with E-state index in [-0.39, 0.29) is 5.41 Å². The van der Waals surface area contributed by atoms with Crippen LogP contribution in [0.2, 0.25) is 0 Å². The summed E-state index contributed by atoms with van der Waals surface area (Å²) in [7, 11) is 0. The molecule has 0 saturated heterocycles. The number of hydrogen-bond donors (Lipinski definition) is 0.